The SMILES string of the molecule is CNC(=O)N1CC2(C1)C(=O)N(C(C)C)CC(=O)N2Cc1ccc(Cl)cc1. The van der Waals surface area contributed by atoms with Crippen LogP contribution in [-0.4, -0.2) is 70.8 Å². The van der Waals surface area contributed by atoms with E-state index in [4.69, 9.17) is 11.6 Å². The number of piperazine rings is 1. The number of rotatable bonds is 3. The number of nitrogens with zero attached hydrogens (tertiary/aromatic N) is 3. The number of hydrogen-bond acceptors (Lipinski definition) is 3. The third kappa shape index (κ3) is 3.00. The summed E-state index contributed by atoms with van der Waals surface area (Å²) in [6, 6.07) is 6.89. The highest BCUT2D eigenvalue weighted by atomic mass is 35.5. The molecule has 2 aliphatic rings. The minimum absolute atomic E-state index is 0.0613. The van der Waals surface area contributed by atoms with Crippen LogP contribution in [0.1, 0.15) is 19.4 Å². The van der Waals surface area contributed by atoms with Crippen LogP contribution in [0.5, 0.6) is 0 Å². The summed E-state index contributed by atoms with van der Waals surface area (Å²) in [5.41, 5.74) is -0.0996. The van der Waals surface area contributed by atoms with Gasteiger partial charge in [0.1, 0.15) is 6.54 Å². The predicted molar refractivity (Wildman–Crippen MR) is 97.6 cm³/mol. The van der Waals surface area contributed by atoms with E-state index in [-0.39, 0.29) is 43.5 Å². The Morgan fingerprint density at radius 1 is 1.23 bits per heavy atom. The summed E-state index contributed by atoms with van der Waals surface area (Å²) >= 11 is 5.93. The monoisotopic (exact) mass is 378 g/mol. The van der Waals surface area contributed by atoms with Crippen LogP contribution in [0.25, 0.3) is 0 Å². The molecule has 2 aliphatic heterocycles. The number of urea groups is 1. The molecular formula is C18H23ClN4O3. The van der Waals surface area contributed by atoms with Gasteiger partial charge in [-0.3, -0.25) is 9.59 Å². The third-order valence-electron chi connectivity index (χ3n) is 5.07. The zero-order chi connectivity index (χ0) is 19.1. The molecule has 1 N–H and O–H groups in total. The topological polar surface area (TPSA) is 73.0 Å². The molecule has 0 unspecified atom stereocenters. The molecule has 0 radical (unpaired) electrons. The van der Waals surface area contributed by atoms with Crippen LogP contribution in [-0.2, 0) is 16.1 Å². The van der Waals surface area contributed by atoms with Gasteiger partial charge < -0.3 is 20.0 Å². The molecule has 0 atom stereocenters. The smallest absolute Gasteiger partial charge is 0.317 e. The van der Waals surface area contributed by atoms with Gasteiger partial charge in [0, 0.05) is 24.7 Å². The second kappa shape index (κ2) is 6.79. The molecule has 1 aromatic carbocycles. The van der Waals surface area contributed by atoms with Crippen molar-refractivity contribution in [2.75, 3.05) is 26.7 Å². The number of benzene rings is 1. The van der Waals surface area contributed by atoms with Crippen LogP contribution in [0.4, 0.5) is 4.79 Å². The van der Waals surface area contributed by atoms with E-state index in [2.05, 4.69) is 5.32 Å². The van der Waals surface area contributed by atoms with Crippen molar-refractivity contribution in [1.29, 1.82) is 0 Å². The largest absolute Gasteiger partial charge is 0.341 e. The van der Waals surface area contributed by atoms with Gasteiger partial charge in [-0.25, -0.2) is 4.79 Å². The van der Waals surface area contributed by atoms with Crippen molar-refractivity contribution in [2.45, 2.75) is 32.0 Å². The van der Waals surface area contributed by atoms with E-state index in [9.17, 15) is 14.4 Å². The zero-order valence-electron chi connectivity index (χ0n) is 15.2. The summed E-state index contributed by atoms with van der Waals surface area (Å²) in [6.07, 6.45) is 0. The van der Waals surface area contributed by atoms with Crippen molar-refractivity contribution in [2.24, 2.45) is 0 Å². The standard InChI is InChI=1S/C18H23ClN4O3/c1-12(2)22-9-15(24)23(8-13-4-6-14(19)7-5-13)18(16(22)25)10-21(11-18)17(26)20-3/h4-7,12H,8-11H2,1-3H3,(H,20,26). The number of nitrogens with one attached hydrogen (secondary N) is 1. The molecule has 4 amide bonds. The van der Waals surface area contributed by atoms with Crippen molar-refractivity contribution in [3.63, 3.8) is 0 Å². The Bertz CT molecular complexity index is 728. The van der Waals surface area contributed by atoms with E-state index in [1.54, 1.807) is 33.9 Å². The van der Waals surface area contributed by atoms with Crippen molar-refractivity contribution >= 4 is 29.4 Å². The van der Waals surface area contributed by atoms with E-state index >= 15 is 0 Å². The Labute approximate surface area is 157 Å². The second-order valence-corrected chi connectivity index (χ2v) is 7.51. The van der Waals surface area contributed by atoms with Crippen LogP contribution < -0.4 is 5.32 Å². The number of carbonyl (C=O) groups is 3. The Kier molecular flexibility index (Phi) is 4.84. The van der Waals surface area contributed by atoms with Crippen molar-refractivity contribution in [3.8, 4) is 0 Å². The van der Waals surface area contributed by atoms with Gasteiger partial charge in [-0.1, -0.05) is 23.7 Å². The number of amides is 4. The lowest BCUT2D eigenvalue weighted by molar-refractivity contribution is -0.178. The van der Waals surface area contributed by atoms with Gasteiger partial charge in [0.05, 0.1) is 13.1 Å². The molecule has 1 spiro atoms. The first kappa shape index (κ1) is 18.5. The number of likely N-dealkylation sites (tertiary alicyclic amines) is 1. The fourth-order valence-corrected chi connectivity index (χ4v) is 3.67. The maximum atomic E-state index is 13.2. The fourth-order valence-electron chi connectivity index (χ4n) is 3.55. The molecule has 0 aromatic heterocycles. The summed E-state index contributed by atoms with van der Waals surface area (Å²) in [5.74, 6) is -0.203. The first-order chi connectivity index (χ1) is 12.3. The molecule has 8 heteroatoms. The first-order valence-corrected chi connectivity index (χ1v) is 8.99. The van der Waals surface area contributed by atoms with Crippen LogP contribution in [0.2, 0.25) is 5.02 Å². The molecule has 0 aliphatic carbocycles. The number of halogens is 1. The van der Waals surface area contributed by atoms with Crippen LogP contribution >= 0.6 is 11.6 Å². The number of hydrogen-bond donors (Lipinski definition) is 1. The lowest BCUT2D eigenvalue weighted by Crippen LogP contribution is -2.81. The minimum Gasteiger partial charge on any atom is -0.341 e. The van der Waals surface area contributed by atoms with Crippen molar-refractivity contribution in [1.82, 2.24) is 20.0 Å². The first-order valence-electron chi connectivity index (χ1n) is 8.61. The van der Waals surface area contributed by atoms with Gasteiger partial charge in [-0.2, -0.15) is 0 Å². The minimum atomic E-state index is -0.994. The quantitative estimate of drug-likeness (QED) is 0.862. The Morgan fingerprint density at radius 3 is 2.38 bits per heavy atom. The third-order valence-corrected chi connectivity index (χ3v) is 5.32. The predicted octanol–water partition coefficient (Wildman–Crippen LogP) is 1.31. The van der Waals surface area contributed by atoms with Gasteiger partial charge in [-0.05, 0) is 31.5 Å². The van der Waals surface area contributed by atoms with E-state index in [0.29, 0.717) is 11.6 Å². The Morgan fingerprint density at radius 2 is 1.85 bits per heavy atom. The van der Waals surface area contributed by atoms with Crippen LogP contribution in [0.3, 0.4) is 0 Å². The van der Waals surface area contributed by atoms with E-state index in [1.165, 1.54) is 0 Å². The fraction of sp³-hybridized carbons (Fsp3) is 0.500. The van der Waals surface area contributed by atoms with Gasteiger partial charge in [-0.15, -0.1) is 0 Å². The molecule has 140 valence electrons. The lowest BCUT2D eigenvalue weighted by Gasteiger charge is -2.58. The lowest BCUT2D eigenvalue weighted by atomic mass is 9.83. The van der Waals surface area contributed by atoms with Crippen molar-refractivity contribution in [3.05, 3.63) is 34.9 Å². The molecule has 1 aromatic rings. The molecule has 7 nitrogen and oxygen atoms in total. The average Bonchev–Trinajstić information content (AvgIpc) is 2.57. The molecule has 3 rings (SSSR count). The molecular weight excluding hydrogens is 356 g/mol. The highest BCUT2D eigenvalue weighted by Crippen LogP contribution is 2.35. The highest BCUT2D eigenvalue weighted by molar-refractivity contribution is 6.30. The van der Waals surface area contributed by atoms with E-state index in [0.717, 1.165) is 5.56 Å². The number of carbonyl (C=O) groups excluding carboxylic acids is 3. The summed E-state index contributed by atoms with van der Waals surface area (Å²) < 4.78 is 0. The van der Waals surface area contributed by atoms with Crippen LogP contribution in [0, 0.1) is 0 Å². The molecule has 0 bridgehead atoms. The summed E-state index contributed by atoms with van der Waals surface area (Å²) in [7, 11) is 1.55. The Hall–Kier alpha value is -2.28. The molecule has 2 heterocycles. The normalized spacial score (nSPS) is 19.2. The van der Waals surface area contributed by atoms with Crippen molar-refractivity contribution < 1.29 is 14.4 Å². The van der Waals surface area contributed by atoms with Gasteiger partial charge in [0.2, 0.25) is 5.91 Å². The second-order valence-electron chi connectivity index (χ2n) is 7.08. The van der Waals surface area contributed by atoms with E-state index in [1.807, 2.05) is 26.0 Å². The molecule has 0 saturated carbocycles. The Balaban J connectivity index is 1.90. The summed E-state index contributed by atoms with van der Waals surface area (Å²) in [5, 5.41) is 3.18. The van der Waals surface area contributed by atoms with Gasteiger partial charge >= 0.3 is 6.03 Å². The van der Waals surface area contributed by atoms with Crippen LogP contribution in [0.15, 0.2) is 24.3 Å². The highest BCUT2D eigenvalue weighted by Gasteiger charge is 2.60. The summed E-state index contributed by atoms with van der Waals surface area (Å²) in [4.78, 5) is 42.7. The van der Waals surface area contributed by atoms with Gasteiger partial charge in [0.15, 0.2) is 5.54 Å². The maximum Gasteiger partial charge on any atom is 0.317 e. The molecule has 2 fully saturated rings. The maximum absolute atomic E-state index is 13.2. The molecule has 2 saturated heterocycles. The van der Waals surface area contributed by atoms with E-state index < -0.39 is 5.54 Å². The van der Waals surface area contributed by atoms with Gasteiger partial charge in [0.25, 0.3) is 5.91 Å². The molecule has 26 heavy (non-hydrogen) atoms. The average molecular weight is 379 g/mol. The summed E-state index contributed by atoms with van der Waals surface area (Å²) in [6.45, 7) is 4.56. The zero-order valence-corrected chi connectivity index (χ0v) is 15.9.